The number of fused-ring (bicyclic) bond motifs is 3. The van der Waals surface area contributed by atoms with Crippen LogP contribution in [-0.2, 0) is 11.2 Å². The lowest BCUT2D eigenvalue weighted by molar-refractivity contribution is 0.0523. The lowest BCUT2D eigenvalue weighted by Gasteiger charge is -2.30. The number of aromatic nitrogens is 1. The Morgan fingerprint density at radius 3 is 2.65 bits per heavy atom. The molecule has 1 aliphatic heterocycles. The first-order valence-electron chi connectivity index (χ1n) is 8.92. The van der Waals surface area contributed by atoms with Gasteiger partial charge in [0.1, 0.15) is 5.56 Å². The normalized spacial score (nSPS) is 15.1. The maximum Gasteiger partial charge on any atom is 0.343 e. The number of phenolic OH excluding ortho intramolecular Hbond substituents is 1. The van der Waals surface area contributed by atoms with Crippen molar-refractivity contribution in [1.82, 2.24) is 4.57 Å². The molecule has 0 spiro atoms. The van der Waals surface area contributed by atoms with Crippen molar-refractivity contribution in [1.29, 1.82) is 0 Å². The summed E-state index contributed by atoms with van der Waals surface area (Å²) in [4.78, 5) is 24.5. The predicted octanol–water partition coefficient (Wildman–Crippen LogP) is 3.30. The van der Waals surface area contributed by atoms with Crippen LogP contribution in [0.15, 0.2) is 29.2 Å². The largest absolute Gasteiger partial charge is 0.504 e. The van der Waals surface area contributed by atoms with Gasteiger partial charge in [-0.05, 0) is 44.4 Å². The molecule has 0 aliphatic carbocycles. The molecule has 1 N–H and O–H groups in total. The van der Waals surface area contributed by atoms with Gasteiger partial charge in [0.25, 0.3) is 0 Å². The number of aromatic hydroxyl groups is 1. The molecule has 0 saturated carbocycles. The molecular formula is C20H23NO5. The van der Waals surface area contributed by atoms with Crippen molar-refractivity contribution in [3.8, 4) is 22.8 Å². The van der Waals surface area contributed by atoms with Crippen LogP contribution >= 0.6 is 0 Å². The van der Waals surface area contributed by atoms with E-state index in [1.807, 2.05) is 17.6 Å². The molecule has 138 valence electrons. The standard InChI is InChI=1S/C20H23NO5/c1-4-13-7-12-8-19(25-5-2)18(23)9-14(12)16-10-17(22)15(11-21(13)16)20(24)26-6-3/h8-11,13,23H,4-7H2,1-3H3. The molecule has 0 fully saturated rings. The van der Waals surface area contributed by atoms with Gasteiger partial charge in [-0.3, -0.25) is 4.79 Å². The molecule has 1 aromatic carbocycles. The zero-order valence-electron chi connectivity index (χ0n) is 15.2. The fourth-order valence-electron chi connectivity index (χ4n) is 3.41. The molecule has 26 heavy (non-hydrogen) atoms. The van der Waals surface area contributed by atoms with Crippen molar-refractivity contribution in [3.05, 3.63) is 45.7 Å². The summed E-state index contributed by atoms with van der Waals surface area (Å²) in [5.41, 5.74) is 2.14. The third kappa shape index (κ3) is 3.07. The Morgan fingerprint density at radius 2 is 2.00 bits per heavy atom. The molecule has 0 radical (unpaired) electrons. The molecule has 1 atom stereocenters. The minimum Gasteiger partial charge on any atom is -0.504 e. The minimum absolute atomic E-state index is 0.0349. The van der Waals surface area contributed by atoms with E-state index in [0.29, 0.717) is 18.1 Å². The second-order valence-electron chi connectivity index (χ2n) is 6.24. The fourth-order valence-corrected chi connectivity index (χ4v) is 3.41. The third-order valence-electron chi connectivity index (χ3n) is 4.66. The van der Waals surface area contributed by atoms with Gasteiger partial charge in [0, 0.05) is 23.9 Å². The van der Waals surface area contributed by atoms with E-state index in [2.05, 4.69) is 6.92 Å². The maximum atomic E-state index is 12.5. The first-order valence-corrected chi connectivity index (χ1v) is 8.92. The predicted molar refractivity (Wildman–Crippen MR) is 98.0 cm³/mol. The SMILES string of the molecule is CCOC(=O)c1cn2c(cc1=O)-c1cc(O)c(OCC)cc1CC2CC. The van der Waals surface area contributed by atoms with Crippen LogP contribution in [0.2, 0.25) is 0 Å². The van der Waals surface area contributed by atoms with Crippen LogP contribution in [0.1, 0.15) is 49.2 Å². The number of nitrogens with zero attached hydrogens (tertiary/aromatic N) is 1. The summed E-state index contributed by atoms with van der Waals surface area (Å²) in [7, 11) is 0. The van der Waals surface area contributed by atoms with Gasteiger partial charge in [0.05, 0.1) is 18.9 Å². The number of phenols is 1. The summed E-state index contributed by atoms with van der Waals surface area (Å²) in [5, 5.41) is 10.2. The number of hydrogen-bond acceptors (Lipinski definition) is 5. The summed E-state index contributed by atoms with van der Waals surface area (Å²) in [6, 6.07) is 5.02. The number of hydrogen-bond donors (Lipinski definition) is 1. The van der Waals surface area contributed by atoms with Crippen molar-refractivity contribution in [2.45, 2.75) is 39.7 Å². The highest BCUT2D eigenvalue weighted by atomic mass is 16.5. The molecular weight excluding hydrogens is 334 g/mol. The van der Waals surface area contributed by atoms with Crippen LogP contribution in [0.25, 0.3) is 11.3 Å². The second-order valence-corrected chi connectivity index (χ2v) is 6.24. The number of benzene rings is 1. The monoisotopic (exact) mass is 357 g/mol. The number of pyridine rings is 1. The van der Waals surface area contributed by atoms with Crippen LogP contribution in [0.5, 0.6) is 11.5 Å². The maximum absolute atomic E-state index is 12.5. The highest BCUT2D eigenvalue weighted by Crippen LogP contribution is 2.41. The molecule has 1 aromatic heterocycles. The molecule has 0 saturated heterocycles. The molecule has 3 rings (SSSR count). The Kier molecular flexibility index (Phi) is 5.02. The zero-order chi connectivity index (χ0) is 18.8. The van der Waals surface area contributed by atoms with Crippen LogP contribution in [0.4, 0.5) is 0 Å². The van der Waals surface area contributed by atoms with Crippen molar-refractivity contribution < 1.29 is 19.4 Å². The number of carbonyl (C=O) groups excluding carboxylic acids is 1. The Labute approximate surface area is 152 Å². The van der Waals surface area contributed by atoms with Gasteiger partial charge in [-0.25, -0.2) is 4.79 Å². The van der Waals surface area contributed by atoms with Gasteiger partial charge >= 0.3 is 5.97 Å². The molecule has 6 heteroatoms. The second kappa shape index (κ2) is 7.23. The van der Waals surface area contributed by atoms with E-state index in [1.54, 1.807) is 19.2 Å². The highest BCUT2D eigenvalue weighted by Gasteiger charge is 2.27. The smallest absolute Gasteiger partial charge is 0.343 e. The van der Waals surface area contributed by atoms with E-state index in [4.69, 9.17) is 9.47 Å². The van der Waals surface area contributed by atoms with Crippen molar-refractivity contribution in [3.63, 3.8) is 0 Å². The lowest BCUT2D eigenvalue weighted by Crippen LogP contribution is -2.26. The summed E-state index contributed by atoms with van der Waals surface area (Å²) in [6.07, 6.45) is 3.15. The van der Waals surface area contributed by atoms with Crippen LogP contribution in [-0.4, -0.2) is 28.9 Å². The summed E-state index contributed by atoms with van der Waals surface area (Å²) in [5.74, 6) is -0.128. The molecule has 1 aliphatic rings. The first kappa shape index (κ1) is 18.0. The van der Waals surface area contributed by atoms with Crippen molar-refractivity contribution in [2.75, 3.05) is 13.2 Å². The summed E-state index contributed by atoms with van der Waals surface area (Å²) < 4.78 is 12.4. The number of rotatable bonds is 5. The molecule has 6 nitrogen and oxygen atoms in total. The molecule has 0 bridgehead atoms. The Bertz CT molecular complexity index is 900. The van der Waals surface area contributed by atoms with E-state index >= 15 is 0 Å². The zero-order valence-corrected chi connectivity index (χ0v) is 15.2. The van der Waals surface area contributed by atoms with Crippen molar-refractivity contribution >= 4 is 5.97 Å². The van der Waals surface area contributed by atoms with Gasteiger partial charge in [0.15, 0.2) is 16.9 Å². The van der Waals surface area contributed by atoms with Gasteiger partial charge in [-0.2, -0.15) is 0 Å². The minimum atomic E-state index is -0.608. The Morgan fingerprint density at radius 1 is 1.23 bits per heavy atom. The summed E-state index contributed by atoms with van der Waals surface area (Å²) >= 11 is 0. The van der Waals surface area contributed by atoms with Gasteiger partial charge < -0.3 is 19.1 Å². The average molecular weight is 357 g/mol. The molecule has 1 unspecified atom stereocenters. The highest BCUT2D eigenvalue weighted by molar-refractivity contribution is 5.89. The third-order valence-corrected chi connectivity index (χ3v) is 4.66. The Hall–Kier alpha value is -2.76. The van der Waals surface area contributed by atoms with E-state index in [-0.39, 0.29) is 29.4 Å². The molecule has 0 amide bonds. The van der Waals surface area contributed by atoms with E-state index in [9.17, 15) is 14.7 Å². The quantitative estimate of drug-likeness (QED) is 0.831. The van der Waals surface area contributed by atoms with Crippen LogP contribution < -0.4 is 10.2 Å². The van der Waals surface area contributed by atoms with Crippen molar-refractivity contribution in [2.24, 2.45) is 0 Å². The lowest BCUT2D eigenvalue weighted by atomic mass is 9.90. The number of carbonyl (C=O) groups is 1. The Balaban J connectivity index is 2.18. The van der Waals surface area contributed by atoms with Gasteiger partial charge in [-0.1, -0.05) is 6.92 Å². The van der Waals surface area contributed by atoms with E-state index < -0.39 is 5.97 Å². The van der Waals surface area contributed by atoms with Crippen LogP contribution in [0, 0.1) is 0 Å². The molecule has 2 heterocycles. The average Bonchev–Trinajstić information content (AvgIpc) is 2.62. The molecule has 2 aromatic rings. The summed E-state index contributed by atoms with van der Waals surface area (Å²) in [6.45, 7) is 6.30. The topological polar surface area (TPSA) is 77.8 Å². The van der Waals surface area contributed by atoms with E-state index in [0.717, 1.165) is 24.0 Å². The fraction of sp³-hybridized carbons (Fsp3) is 0.400. The van der Waals surface area contributed by atoms with E-state index in [1.165, 1.54) is 6.07 Å². The number of esters is 1. The first-order chi connectivity index (χ1) is 12.5. The van der Waals surface area contributed by atoms with Gasteiger partial charge in [-0.15, -0.1) is 0 Å². The number of ether oxygens (including phenoxy) is 2. The van der Waals surface area contributed by atoms with Gasteiger partial charge in [0.2, 0.25) is 0 Å². The van der Waals surface area contributed by atoms with Crippen LogP contribution in [0.3, 0.4) is 0 Å².